The monoisotopic (exact) mass is 544 g/mol. The van der Waals surface area contributed by atoms with Gasteiger partial charge in [0, 0.05) is 15.6 Å². The van der Waals surface area contributed by atoms with Crippen LogP contribution in [0.3, 0.4) is 0 Å². The summed E-state index contributed by atoms with van der Waals surface area (Å²) in [5.41, 5.74) is 3.61. The fourth-order valence-corrected chi connectivity index (χ4v) is 4.33. The molecule has 182 valence electrons. The molecule has 0 aliphatic rings. The molecule has 0 radical (unpaired) electrons. The Kier molecular flexibility index (Phi) is 7.51. The molecule has 0 saturated carbocycles. The molecule has 0 bridgehead atoms. The number of halogens is 1. The minimum atomic E-state index is -0.289. The van der Waals surface area contributed by atoms with Crippen LogP contribution in [-0.2, 0) is 0 Å². The average molecular weight is 545 g/mol. The molecule has 0 spiro atoms. The van der Waals surface area contributed by atoms with Gasteiger partial charge >= 0.3 is 0 Å². The maximum absolute atomic E-state index is 13.6. The molecule has 36 heavy (non-hydrogen) atoms. The second-order valence-corrected chi connectivity index (χ2v) is 9.42. The van der Waals surface area contributed by atoms with Crippen molar-refractivity contribution >= 4 is 33.0 Å². The molecule has 0 aliphatic carbocycles. The first kappa shape index (κ1) is 25.1. The number of fused-ring (bicyclic) bond motifs is 1. The molecule has 1 heterocycles. The SMILES string of the molecule is COc1cc(C)c(-c2nc3ccccc3c(=O)n2N=Cc2cc(Br)ccc2OCC#N)cc1C(C)C. The number of para-hydroxylation sites is 1. The first-order valence-electron chi connectivity index (χ1n) is 11.4. The van der Waals surface area contributed by atoms with Crippen LogP contribution in [0, 0.1) is 18.3 Å². The number of methoxy groups -OCH3 is 1. The van der Waals surface area contributed by atoms with Crippen LogP contribution in [0.1, 0.15) is 36.5 Å². The maximum Gasteiger partial charge on any atom is 0.282 e. The van der Waals surface area contributed by atoms with Crippen molar-refractivity contribution in [2.24, 2.45) is 5.10 Å². The molecule has 7 nitrogen and oxygen atoms in total. The summed E-state index contributed by atoms with van der Waals surface area (Å²) in [5, 5.41) is 14.0. The molecule has 0 aliphatic heterocycles. The van der Waals surface area contributed by atoms with Gasteiger partial charge in [-0.1, -0.05) is 41.9 Å². The Morgan fingerprint density at radius 3 is 2.67 bits per heavy atom. The molecule has 0 amide bonds. The van der Waals surface area contributed by atoms with Gasteiger partial charge in [-0.15, -0.1) is 0 Å². The molecule has 0 unspecified atom stereocenters. The first-order valence-corrected chi connectivity index (χ1v) is 12.2. The lowest BCUT2D eigenvalue weighted by molar-refractivity contribution is 0.367. The van der Waals surface area contributed by atoms with Gasteiger partial charge in [-0.2, -0.15) is 15.0 Å². The van der Waals surface area contributed by atoms with Crippen molar-refractivity contribution in [1.29, 1.82) is 5.26 Å². The first-order chi connectivity index (χ1) is 17.3. The number of aryl methyl sites for hydroxylation is 1. The van der Waals surface area contributed by atoms with E-state index in [1.165, 1.54) is 4.68 Å². The van der Waals surface area contributed by atoms with Crippen LogP contribution >= 0.6 is 15.9 Å². The predicted molar refractivity (Wildman–Crippen MR) is 145 cm³/mol. The van der Waals surface area contributed by atoms with E-state index in [0.29, 0.717) is 28.0 Å². The summed E-state index contributed by atoms with van der Waals surface area (Å²) in [6, 6.07) is 18.5. The van der Waals surface area contributed by atoms with E-state index in [9.17, 15) is 4.79 Å². The minimum absolute atomic E-state index is 0.103. The van der Waals surface area contributed by atoms with E-state index in [0.717, 1.165) is 26.9 Å². The largest absolute Gasteiger partial charge is 0.496 e. The third kappa shape index (κ3) is 5.02. The van der Waals surface area contributed by atoms with Crippen molar-refractivity contribution in [2.75, 3.05) is 13.7 Å². The van der Waals surface area contributed by atoms with Gasteiger partial charge < -0.3 is 9.47 Å². The molecule has 1 aromatic heterocycles. The van der Waals surface area contributed by atoms with Crippen LogP contribution < -0.4 is 15.0 Å². The van der Waals surface area contributed by atoms with E-state index in [1.807, 2.05) is 49.4 Å². The van der Waals surface area contributed by atoms with Crippen LogP contribution in [-0.4, -0.2) is 29.6 Å². The summed E-state index contributed by atoms with van der Waals surface area (Å²) in [7, 11) is 1.65. The zero-order chi connectivity index (χ0) is 25.8. The van der Waals surface area contributed by atoms with Gasteiger partial charge in [0.15, 0.2) is 12.4 Å². The van der Waals surface area contributed by atoms with Gasteiger partial charge in [0.05, 0.1) is 24.2 Å². The van der Waals surface area contributed by atoms with E-state index in [1.54, 1.807) is 31.5 Å². The highest BCUT2D eigenvalue weighted by Gasteiger charge is 2.18. The fraction of sp³-hybridized carbons (Fsp3) is 0.214. The summed E-state index contributed by atoms with van der Waals surface area (Å²) >= 11 is 3.46. The lowest BCUT2D eigenvalue weighted by atomic mass is 9.96. The summed E-state index contributed by atoms with van der Waals surface area (Å²) in [6.07, 6.45) is 1.54. The third-order valence-electron chi connectivity index (χ3n) is 5.77. The predicted octanol–water partition coefficient (Wildman–Crippen LogP) is 6.05. The summed E-state index contributed by atoms with van der Waals surface area (Å²) in [4.78, 5) is 18.5. The van der Waals surface area contributed by atoms with Crippen molar-refractivity contribution in [3.63, 3.8) is 0 Å². The number of nitrogens with zero attached hydrogens (tertiary/aromatic N) is 4. The van der Waals surface area contributed by atoms with Gasteiger partial charge in [-0.05, 0) is 66.4 Å². The molecule has 8 heteroatoms. The summed E-state index contributed by atoms with van der Waals surface area (Å²) < 4.78 is 13.3. The highest BCUT2D eigenvalue weighted by atomic mass is 79.9. The Morgan fingerprint density at radius 1 is 1.17 bits per heavy atom. The lowest BCUT2D eigenvalue weighted by Gasteiger charge is -2.17. The van der Waals surface area contributed by atoms with E-state index < -0.39 is 0 Å². The zero-order valence-electron chi connectivity index (χ0n) is 20.4. The van der Waals surface area contributed by atoms with Gasteiger partial charge in [0.1, 0.15) is 17.6 Å². The highest BCUT2D eigenvalue weighted by Crippen LogP contribution is 2.34. The Morgan fingerprint density at radius 2 is 1.94 bits per heavy atom. The van der Waals surface area contributed by atoms with E-state index >= 15 is 0 Å². The Bertz CT molecular complexity index is 1570. The number of benzene rings is 3. The van der Waals surface area contributed by atoms with Crippen LogP contribution in [0.4, 0.5) is 0 Å². The topological polar surface area (TPSA) is 89.5 Å². The Hall–Kier alpha value is -3.96. The maximum atomic E-state index is 13.6. The van der Waals surface area contributed by atoms with Crippen molar-refractivity contribution in [1.82, 2.24) is 9.66 Å². The summed E-state index contributed by atoms with van der Waals surface area (Å²) in [5.74, 6) is 1.89. The van der Waals surface area contributed by atoms with Crippen molar-refractivity contribution in [3.8, 4) is 29.0 Å². The molecule has 0 saturated heterocycles. The fourth-order valence-electron chi connectivity index (χ4n) is 3.95. The van der Waals surface area contributed by atoms with Crippen LogP contribution in [0.2, 0.25) is 0 Å². The second kappa shape index (κ2) is 10.8. The minimum Gasteiger partial charge on any atom is -0.496 e. The quantitative estimate of drug-likeness (QED) is 0.264. The van der Waals surface area contributed by atoms with E-state index in [4.69, 9.17) is 19.7 Å². The van der Waals surface area contributed by atoms with Gasteiger partial charge in [-0.25, -0.2) is 4.98 Å². The molecule has 0 fully saturated rings. The van der Waals surface area contributed by atoms with Crippen LogP contribution in [0.5, 0.6) is 11.5 Å². The zero-order valence-corrected chi connectivity index (χ0v) is 22.0. The number of hydrogen-bond donors (Lipinski definition) is 0. The molecule has 3 aromatic carbocycles. The normalized spacial score (nSPS) is 11.2. The van der Waals surface area contributed by atoms with E-state index in [2.05, 4.69) is 34.9 Å². The molecule has 0 atom stereocenters. The standard InChI is InChI=1S/C28H25BrN4O3/c1-17(2)22-15-23(18(3)13-26(22)35-4)27-32-24-8-6-5-7-21(24)28(34)33(27)31-16-19-14-20(29)9-10-25(19)36-12-11-30/h5-10,13-17H,12H2,1-4H3. The van der Waals surface area contributed by atoms with Gasteiger partial charge in [-0.3, -0.25) is 4.79 Å². The number of hydrogen-bond acceptors (Lipinski definition) is 6. The van der Waals surface area contributed by atoms with Crippen molar-refractivity contribution < 1.29 is 9.47 Å². The van der Waals surface area contributed by atoms with Crippen molar-refractivity contribution in [3.05, 3.63) is 86.1 Å². The number of aromatic nitrogens is 2. The van der Waals surface area contributed by atoms with Gasteiger partial charge in [0.25, 0.3) is 5.56 Å². The number of rotatable bonds is 7. The summed E-state index contributed by atoms with van der Waals surface area (Å²) in [6.45, 7) is 6.03. The van der Waals surface area contributed by atoms with Crippen molar-refractivity contribution in [2.45, 2.75) is 26.7 Å². The Labute approximate surface area is 217 Å². The molecular formula is C28H25BrN4O3. The average Bonchev–Trinajstić information content (AvgIpc) is 2.87. The molecular weight excluding hydrogens is 520 g/mol. The number of nitriles is 1. The van der Waals surface area contributed by atoms with Crippen LogP contribution in [0.25, 0.3) is 22.3 Å². The second-order valence-electron chi connectivity index (χ2n) is 8.51. The molecule has 0 N–H and O–H groups in total. The third-order valence-corrected chi connectivity index (χ3v) is 6.26. The smallest absolute Gasteiger partial charge is 0.282 e. The highest BCUT2D eigenvalue weighted by molar-refractivity contribution is 9.10. The number of ether oxygens (including phenoxy) is 2. The molecule has 4 aromatic rings. The lowest BCUT2D eigenvalue weighted by Crippen LogP contribution is -2.21. The van der Waals surface area contributed by atoms with Gasteiger partial charge in [0.2, 0.25) is 0 Å². The van der Waals surface area contributed by atoms with Crippen LogP contribution in [0.15, 0.2) is 69.0 Å². The van der Waals surface area contributed by atoms with E-state index in [-0.39, 0.29) is 18.1 Å². The molecule has 4 rings (SSSR count). The Balaban J connectivity index is 1.97.